The number of benzene rings is 2. The summed E-state index contributed by atoms with van der Waals surface area (Å²) >= 11 is 0. The molecule has 1 aliphatic carbocycles. The Labute approximate surface area is 462 Å². The average Bonchev–Trinajstić information content (AvgIpc) is 4.15. The molecule has 6 atom stereocenters. The van der Waals surface area contributed by atoms with Crippen molar-refractivity contribution in [2.75, 3.05) is 52.0 Å². The van der Waals surface area contributed by atoms with E-state index in [2.05, 4.69) is 46.7 Å². The molecule has 2 aromatic carbocycles. The van der Waals surface area contributed by atoms with Gasteiger partial charge in [-0.1, -0.05) is 37.8 Å². The predicted octanol–water partition coefficient (Wildman–Crippen LogP) is 7.83. The fraction of sp³-hybridized carbons (Fsp3) is 0.554. The van der Waals surface area contributed by atoms with Crippen LogP contribution in [0.2, 0.25) is 0 Å². The van der Waals surface area contributed by atoms with Gasteiger partial charge in [0.15, 0.2) is 5.78 Å². The number of piperazine rings is 1. The minimum Gasteiger partial charge on any atom is -0.469 e. The van der Waals surface area contributed by atoms with Crippen molar-refractivity contribution in [1.29, 1.82) is 0 Å². The SMILES string of the molecule is COC(=O)C[C@H](C(=O)NN(Cc1c(F)cc(-c2nnc(C3CC3)o2)cc1F)C[C@H](O)[C@@H](CC(=O)[C@@H](NC(=O)OC)C(C)(C)C(F)(F)F)Cc1ccc(C#Cc2ccc(N3CC4CCC(C3)N4C3COC3)nc2)cc1)C(C)(C)C(F)(F)F. The molecule has 4 fully saturated rings. The summed E-state index contributed by atoms with van der Waals surface area (Å²) in [5, 5.41) is 22.6. The quantitative estimate of drug-likeness (QED) is 0.0315. The van der Waals surface area contributed by atoms with Crippen LogP contribution in [-0.4, -0.2) is 144 Å². The normalized spacial score (nSPS) is 19.4. The van der Waals surface area contributed by atoms with Crippen LogP contribution in [0.15, 0.2) is 59.1 Å². The third-order valence-corrected chi connectivity index (χ3v) is 16.0. The van der Waals surface area contributed by atoms with Crippen LogP contribution < -0.4 is 15.6 Å². The summed E-state index contributed by atoms with van der Waals surface area (Å²) in [6, 6.07) is 10.8. The zero-order valence-corrected chi connectivity index (χ0v) is 45.4. The third kappa shape index (κ3) is 14.0. The lowest BCUT2D eigenvalue weighted by Gasteiger charge is -2.47. The van der Waals surface area contributed by atoms with Crippen LogP contribution in [-0.2, 0) is 41.6 Å². The van der Waals surface area contributed by atoms with Gasteiger partial charge in [-0.05, 0) is 93.8 Å². The first-order valence-corrected chi connectivity index (χ1v) is 26.5. The number of rotatable bonds is 21. The van der Waals surface area contributed by atoms with Crippen LogP contribution >= 0.6 is 0 Å². The number of ether oxygens (including phenoxy) is 3. The van der Waals surface area contributed by atoms with Gasteiger partial charge in [-0.15, -0.1) is 10.2 Å². The molecular weight excluding hydrogens is 1080 g/mol. The van der Waals surface area contributed by atoms with Gasteiger partial charge in [0, 0.05) is 79.1 Å². The van der Waals surface area contributed by atoms with E-state index in [-0.39, 0.29) is 29.7 Å². The summed E-state index contributed by atoms with van der Waals surface area (Å²) in [5.74, 6) is -3.21. The highest BCUT2D eigenvalue weighted by Crippen LogP contribution is 2.46. The number of methoxy groups -OCH3 is 2. The molecule has 3 saturated heterocycles. The van der Waals surface area contributed by atoms with Crippen molar-refractivity contribution in [2.24, 2.45) is 22.7 Å². The maximum atomic E-state index is 16.2. The largest absolute Gasteiger partial charge is 0.469 e. The number of aliphatic hydroxyl groups is 1. The number of esters is 1. The van der Waals surface area contributed by atoms with Gasteiger partial charge < -0.3 is 34.0 Å². The maximum absolute atomic E-state index is 16.2. The van der Waals surface area contributed by atoms with Crippen molar-refractivity contribution in [2.45, 2.75) is 128 Å². The second-order valence-corrected chi connectivity index (χ2v) is 22.3. The molecule has 2 aromatic heterocycles. The first kappa shape index (κ1) is 60.3. The molecule has 3 N–H and O–H groups in total. The molecule has 81 heavy (non-hydrogen) atoms. The van der Waals surface area contributed by atoms with Crippen molar-refractivity contribution < 1.29 is 78.0 Å². The molecule has 25 heteroatoms. The minimum atomic E-state index is -5.12. The Balaban J connectivity index is 1.07. The van der Waals surface area contributed by atoms with Gasteiger partial charge in [-0.2, -0.15) is 26.3 Å². The molecule has 2 bridgehead atoms. The second kappa shape index (κ2) is 24.4. The Morgan fingerprint density at radius 3 is 1.98 bits per heavy atom. The number of carbonyl (C=O) groups is 4. The number of amides is 2. The molecule has 3 aliphatic heterocycles. The smallest absolute Gasteiger partial charge is 0.407 e. The summed E-state index contributed by atoms with van der Waals surface area (Å²) < 4.78 is 140. The van der Waals surface area contributed by atoms with Crippen LogP contribution in [0.5, 0.6) is 0 Å². The van der Waals surface area contributed by atoms with E-state index in [4.69, 9.17) is 14.1 Å². The van der Waals surface area contributed by atoms with Crippen molar-refractivity contribution in [3.8, 4) is 23.3 Å². The summed E-state index contributed by atoms with van der Waals surface area (Å²) in [5.41, 5.74) is -3.16. The Kier molecular flexibility index (Phi) is 18.2. The number of hydrazine groups is 1. The number of hydrogen-bond acceptors (Lipinski definition) is 15. The number of alkyl halides is 6. The zero-order valence-electron chi connectivity index (χ0n) is 45.4. The fourth-order valence-electron chi connectivity index (χ4n) is 10.5. The first-order valence-electron chi connectivity index (χ1n) is 26.5. The van der Waals surface area contributed by atoms with E-state index >= 15 is 8.78 Å². The van der Waals surface area contributed by atoms with Crippen LogP contribution in [0, 0.1) is 46.1 Å². The Morgan fingerprint density at radius 2 is 1.43 bits per heavy atom. The number of aromatic nitrogens is 3. The molecule has 8 rings (SSSR count). The topological polar surface area (TPSA) is 202 Å². The van der Waals surface area contributed by atoms with Gasteiger partial charge in [-0.25, -0.2) is 23.6 Å². The molecule has 2 amide bonds. The van der Waals surface area contributed by atoms with E-state index in [9.17, 15) is 50.6 Å². The lowest BCUT2D eigenvalue weighted by molar-refractivity contribution is -0.231. The van der Waals surface area contributed by atoms with E-state index in [0.717, 1.165) is 84.2 Å². The van der Waals surface area contributed by atoms with Crippen LogP contribution in [0.1, 0.15) is 100 Å². The van der Waals surface area contributed by atoms with E-state index < -0.39 is 114 Å². The number of halogens is 8. The average molecular weight is 1150 g/mol. The molecule has 0 spiro atoms. The van der Waals surface area contributed by atoms with Gasteiger partial charge in [0.2, 0.25) is 17.7 Å². The number of hydrogen-bond donors (Lipinski definition) is 3. The molecule has 2 unspecified atom stereocenters. The third-order valence-electron chi connectivity index (χ3n) is 16.0. The summed E-state index contributed by atoms with van der Waals surface area (Å²) in [4.78, 5) is 63.0. The molecule has 17 nitrogen and oxygen atoms in total. The predicted molar refractivity (Wildman–Crippen MR) is 274 cm³/mol. The highest BCUT2D eigenvalue weighted by molar-refractivity contribution is 5.88. The van der Waals surface area contributed by atoms with Crippen molar-refractivity contribution in [3.05, 3.63) is 94.5 Å². The number of fused-ring (bicyclic) bond motifs is 2. The second-order valence-electron chi connectivity index (χ2n) is 22.3. The number of alkyl carbamates (subject to hydrolysis) is 1. The number of nitrogens with one attached hydrogen (secondary N) is 2. The number of nitrogens with zero attached hydrogens (tertiary/aromatic N) is 6. The molecule has 0 radical (unpaired) electrons. The number of Topliss-reactive ketones (excluding diaryl/α,β-unsaturated/α-hetero) is 1. The van der Waals surface area contributed by atoms with Crippen LogP contribution in [0.3, 0.4) is 0 Å². The molecule has 1 saturated carbocycles. The zero-order chi connectivity index (χ0) is 58.8. The molecule has 4 aromatic rings. The number of ketones is 1. The van der Waals surface area contributed by atoms with Crippen molar-refractivity contribution >= 4 is 29.6 Å². The fourth-order valence-corrected chi connectivity index (χ4v) is 10.5. The summed E-state index contributed by atoms with van der Waals surface area (Å²) in [6.45, 7) is 3.91. The van der Waals surface area contributed by atoms with Gasteiger partial charge in [0.25, 0.3) is 0 Å². The molecule has 5 heterocycles. The number of anilines is 1. The number of aliphatic hydroxyl groups excluding tert-OH is 1. The maximum Gasteiger partial charge on any atom is 0.407 e. The van der Waals surface area contributed by atoms with Gasteiger partial charge in [0.1, 0.15) is 23.5 Å². The molecular formula is C56H64F8N8O9. The lowest BCUT2D eigenvalue weighted by Crippen LogP contribution is -2.62. The van der Waals surface area contributed by atoms with E-state index in [0.29, 0.717) is 67.5 Å². The molecule has 4 aliphatic rings. The molecule has 438 valence electrons. The van der Waals surface area contributed by atoms with E-state index in [1.165, 1.54) is 0 Å². The Morgan fingerprint density at radius 1 is 0.815 bits per heavy atom. The number of pyridine rings is 1. The van der Waals surface area contributed by atoms with E-state index in [1.807, 2.05) is 17.4 Å². The Hall–Kier alpha value is -6.75. The van der Waals surface area contributed by atoms with Gasteiger partial charge in [0.05, 0.1) is 62.7 Å². The summed E-state index contributed by atoms with van der Waals surface area (Å²) in [6.07, 6.45) is -10.5. The van der Waals surface area contributed by atoms with Crippen molar-refractivity contribution in [3.63, 3.8) is 0 Å². The van der Waals surface area contributed by atoms with Crippen molar-refractivity contribution in [1.82, 2.24) is 35.8 Å². The lowest BCUT2D eigenvalue weighted by atomic mass is 9.75. The van der Waals surface area contributed by atoms with Crippen LogP contribution in [0.25, 0.3) is 11.5 Å². The minimum absolute atomic E-state index is 0.00863. The standard InChI is InChI=1S/C56H64F8N8O9/c1-53(2,55(59,60)61)41(23-47(75)78-5)49(76)69-71(27-40-42(57)20-36(21-43(40)58)51-68-67-50(81-51)34-14-15-34)28-45(74)35(22-44(73)48(66-52(77)79-6)54(3,4)56(62,63)64)19-32-10-7-31(8-11-32)9-12-33-13-18-46(65-24-33)70-25-37-16-17-38(26-70)72(37)39-29-80-30-39/h7-8,10-11,13,18,20-21,24,34-35,37-39,41,45,48,74H,14-17,19,22-23,25-30H2,1-6H3,(H,66,77)(H,69,76)/t35-,37?,38?,41-,45+,48-/m1/s1. The highest BCUT2D eigenvalue weighted by atomic mass is 19.4. The first-order chi connectivity index (χ1) is 38.2. The van der Waals surface area contributed by atoms with Gasteiger partial charge >= 0.3 is 24.4 Å². The number of carbonyl (C=O) groups excluding carboxylic acids is 4. The monoisotopic (exact) mass is 1140 g/mol. The van der Waals surface area contributed by atoms with Crippen LogP contribution in [0.4, 0.5) is 45.7 Å². The summed E-state index contributed by atoms with van der Waals surface area (Å²) in [7, 11) is 1.75. The van der Waals surface area contributed by atoms with E-state index in [1.54, 1.807) is 30.5 Å². The highest BCUT2D eigenvalue weighted by Gasteiger charge is 2.57. The van der Waals surface area contributed by atoms with Gasteiger partial charge in [-0.3, -0.25) is 24.7 Å². The Bertz CT molecular complexity index is 2940.